The van der Waals surface area contributed by atoms with Crippen molar-refractivity contribution in [1.82, 2.24) is 5.32 Å². The lowest BCUT2D eigenvalue weighted by molar-refractivity contribution is -0.127. The molecule has 7 nitrogen and oxygen atoms in total. The first-order valence-electron chi connectivity index (χ1n) is 10.7. The largest absolute Gasteiger partial charge is 0.491 e. The minimum absolute atomic E-state index is 0.0321. The van der Waals surface area contributed by atoms with Crippen molar-refractivity contribution in [3.63, 3.8) is 0 Å². The Kier molecular flexibility index (Phi) is 7.49. The zero-order valence-electron chi connectivity index (χ0n) is 16.9. The van der Waals surface area contributed by atoms with Crippen molar-refractivity contribution < 1.29 is 19.1 Å². The molecule has 2 aliphatic rings. The fraction of sp³-hybridized carbons (Fsp3) is 0.591. The van der Waals surface area contributed by atoms with E-state index in [4.69, 9.17) is 10.5 Å². The lowest BCUT2D eigenvalue weighted by Crippen LogP contribution is -2.44. The van der Waals surface area contributed by atoms with Gasteiger partial charge in [-0.3, -0.25) is 14.4 Å². The van der Waals surface area contributed by atoms with Gasteiger partial charge in [-0.05, 0) is 43.2 Å². The zero-order valence-corrected chi connectivity index (χ0v) is 16.9. The summed E-state index contributed by atoms with van der Waals surface area (Å²) in [5.41, 5.74) is 6.91. The van der Waals surface area contributed by atoms with Crippen LogP contribution < -0.4 is 21.1 Å². The van der Waals surface area contributed by atoms with Gasteiger partial charge in [0.1, 0.15) is 11.8 Å². The van der Waals surface area contributed by atoms with Crippen LogP contribution in [0.4, 0.5) is 5.69 Å². The van der Waals surface area contributed by atoms with E-state index in [9.17, 15) is 14.4 Å². The number of anilines is 1. The molecule has 4 N–H and O–H groups in total. The Labute approximate surface area is 171 Å². The van der Waals surface area contributed by atoms with Crippen molar-refractivity contribution in [3.05, 3.63) is 23.8 Å². The first-order valence-corrected chi connectivity index (χ1v) is 10.7. The summed E-state index contributed by atoms with van der Waals surface area (Å²) in [6, 6.07) is 4.84. The second-order valence-electron chi connectivity index (χ2n) is 8.05. The average molecular weight is 402 g/mol. The highest BCUT2D eigenvalue weighted by Crippen LogP contribution is 2.33. The number of ether oxygens (including phenoxy) is 1. The topological polar surface area (TPSA) is 111 Å². The van der Waals surface area contributed by atoms with Gasteiger partial charge in [0.05, 0.1) is 12.3 Å². The highest BCUT2D eigenvalue weighted by molar-refractivity contribution is 5.98. The smallest absolute Gasteiger partial charge is 0.247 e. The number of primary amides is 1. The number of aryl methyl sites for hydroxylation is 1. The highest BCUT2D eigenvalue weighted by Gasteiger charge is 2.24. The number of benzene rings is 1. The van der Waals surface area contributed by atoms with Gasteiger partial charge in [0.25, 0.3) is 0 Å². The summed E-state index contributed by atoms with van der Waals surface area (Å²) in [7, 11) is 0. The molecule has 7 heteroatoms. The Morgan fingerprint density at radius 3 is 2.69 bits per heavy atom. The summed E-state index contributed by atoms with van der Waals surface area (Å²) in [4.78, 5) is 36.5. The van der Waals surface area contributed by atoms with Crippen LogP contribution in [0.1, 0.15) is 63.4 Å². The van der Waals surface area contributed by atoms with Gasteiger partial charge in [0.15, 0.2) is 0 Å². The van der Waals surface area contributed by atoms with Crippen LogP contribution in [-0.2, 0) is 20.8 Å². The normalized spacial score (nSPS) is 17.1. The lowest BCUT2D eigenvalue weighted by atomic mass is 10.0. The number of fused-ring (bicyclic) bond motifs is 1. The van der Waals surface area contributed by atoms with Crippen LogP contribution in [0.3, 0.4) is 0 Å². The first kappa shape index (κ1) is 21.1. The number of carbonyl (C=O) groups excluding carboxylic acids is 3. The van der Waals surface area contributed by atoms with E-state index in [1.54, 1.807) is 6.07 Å². The molecule has 1 heterocycles. The number of amides is 3. The molecule has 1 aromatic rings. The first-order chi connectivity index (χ1) is 14.0. The molecule has 1 unspecified atom stereocenters. The second kappa shape index (κ2) is 10.3. The number of nitrogens with two attached hydrogens (primary N) is 1. The molecule has 29 heavy (non-hydrogen) atoms. The van der Waals surface area contributed by atoms with Crippen molar-refractivity contribution in [1.29, 1.82) is 0 Å². The minimum Gasteiger partial charge on any atom is -0.491 e. The van der Waals surface area contributed by atoms with Crippen molar-refractivity contribution in [2.75, 3.05) is 11.9 Å². The van der Waals surface area contributed by atoms with Crippen molar-refractivity contribution >= 4 is 23.4 Å². The van der Waals surface area contributed by atoms with E-state index in [1.807, 2.05) is 12.1 Å². The van der Waals surface area contributed by atoms with Gasteiger partial charge >= 0.3 is 0 Å². The van der Waals surface area contributed by atoms with Crippen LogP contribution in [-0.4, -0.2) is 30.4 Å². The standard InChI is InChI=1S/C22H31N3O4/c23-19(26)12-11-18(24-20(27)13-10-15-5-1-2-6-15)22(28)25-17-9-3-7-16-8-4-14-29-21(16)17/h3,7,9,15,18H,1-2,4-6,8,10-14H2,(H2,23,26)(H,24,27)(H,25,28). The third-order valence-corrected chi connectivity index (χ3v) is 5.78. The van der Waals surface area contributed by atoms with Gasteiger partial charge in [-0.15, -0.1) is 0 Å². The van der Waals surface area contributed by atoms with Crippen molar-refractivity contribution in [2.24, 2.45) is 11.7 Å². The number of hydrogen-bond donors (Lipinski definition) is 3. The molecule has 1 atom stereocenters. The summed E-state index contributed by atoms with van der Waals surface area (Å²) in [6.07, 6.45) is 8.13. The van der Waals surface area contributed by atoms with E-state index >= 15 is 0 Å². The maximum absolute atomic E-state index is 12.9. The monoisotopic (exact) mass is 401 g/mol. The Morgan fingerprint density at radius 2 is 1.93 bits per heavy atom. The van der Waals surface area contributed by atoms with Crippen LogP contribution in [0.2, 0.25) is 0 Å². The number of hydrogen-bond acceptors (Lipinski definition) is 4. The summed E-state index contributed by atoms with van der Waals surface area (Å²) in [5.74, 6) is 0.277. The highest BCUT2D eigenvalue weighted by atomic mass is 16.5. The van der Waals surface area contributed by atoms with Gasteiger partial charge in [-0.2, -0.15) is 0 Å². The van der Waals surface area contributed by atoms with Crippen molar-refractivity contribution in [2.45, 2.75) is 70.3 Å². The van der Waals surface area contributed by atoms with Gasteiger partial charge in [-0.25, -0.2) is 0 Å². The minimum atomic E-state index is -0.807. The summed E-state index contributed by atoms with van der Waals surface area (Å²) < 4.78 is 5.73. The molecule has 0 aromatic heterocycles. The number of para-hydroxylation sites is 1. The van der Waals surface area contributed by atoms with E-state index < -0.39 is 11.9 Å². The molecule has 1 saturated carbocycles. The summed E-state index contributed by atoms with van der Waals surface area (Å²) >= 11 is 0. The number of carbonyl (C=O) groups is 3. The van der Waals surface area contributed by atoms with E-state index in [0.29, 0.717) is 30.4 Å². The van der Waals surface area contributed by atoms with E-state index in [2.05, 4.69) is 10.6 Å². The number of rotatable bonds is 9. The second-order valence-corrected chi connectivity index (χ2v) is 8.05. The Morgan fingerprint density at radius 1 is 1.14 bits per heavy atom. The molecule has 0 spiro atoms. The zero-order chi connectivity index (χ0) is 20.6. The van der Waals surface area contributed by atoms with Gasteiger partial charge < -0.3 is 21.1 Å². The molecule has 1 aromatic carbocycles. The summed E-state index contributed by atoms with van der Waals surface area (Å²) in [6.45, 7) is 0.614. The maximum atomic E-state index is 12.9. The Hall–Kier alpha value is -2.57. The Balaban J connectivity index is 1.61. The Bertz CT molecular complexity index is 744. The van der Waals surface area contributed by atoms with E-state index in [0.717, 1.165) is 24.8 Å². The molecule has 3 rings (SSSR count). The van der Waals surface area contributed by atoms with Gasteiger partial charge in [-0.1, -0.05) is 37.8 Å². The van der Waals surface area contributed by atoms with Crippen LogP contribution in [0.15, 0.2) is 18.2 Å². The fourth-order valence-electron chi connectivity index (χ4n) is 4.16. The van der Waals surface area contributed by atoms with Crippen LogP contribution in [0.5, 0.6) is 5.75 Å². The predicted molar refractivity (Wildman–Crippen MR) is 110 cm³/mol. The number of nitrogens with one attached hydrogen (secondary N) is 2. The van der Waals surface area contributed by atoms with Gasteiger partial charge in [0.2, 0.25) is 17.7 Å². The van der Waals surface area contributed by atoms with Crippen molar-refractivity contribution in [3.8, 4) is 5.75 Å². The maximum Gasteiger partial charge on any atom is 0.247 e. The lowest BCUT2D eigenvalue weighted by Gasteiger charge is -2.23. The van der Waals surface area contributed by atoms with Crippen LogP contribution in [0.25, 0.3) is 0 Å². The average Bonchev–Trinajstić information content (AvgIpc) is 3.23. The molecule has 1 fully saturated rings. The van der Waals surface area contributed by atoms with E-state index in [1.165, 1.54) is 25.7 Å². The fourth-order valence-corrected chi connectivity index (χ4v) is 4.16. The molecule has 3 amide bonds. The third kappa shape index (κ3) is 6.21. The third-order valence-electron chi connectivity index (χ3n) is 5.78. The van der Waals surface area contributed by atoms with Crippen LogP contribution in [0, 0.1) is 5.92 Å². The molecule has 1 aliphatic heterocycles. The molecule has 0 radical (unpaired) electrons. The summed E-state index contributed by atoms with van der Waals surface area (Å²) in [5, 5.41) is 5.66. The quantitative estimate of drug-likeness (QED) is 0.591. The predicted octanol–water partition coefficient (Wildman–Crippen LogP) is 2.67. The van der Waals surface area contributed by atoms with Crippen LogP contribution >= 0.6 is 0 Å². The molecule has 0 bridgehead atoms. The molecule has 158 valence electrons. The molecule has 1 aliphatic carbocycles. The molecular weight excluding hydrogens is 370 g/mol. The van der Waals surface area contributed by atoms with Gasteiger partial charge in [0, 0.05) is 12.8 Å². The SMILES string of the molecule is NC(=O)CCC(NC(=O)CCC1CCCC1)C(=O)Nc1cccc2c1OCCC2. The van der Waals surface area contributed by atoms with E-state index in [-0.39, 0.29) is 24.7 Å². The molecule has 0 saturated heterocycles. The molecular formula is C22H31N3O4.